The van der Waals surface area contributed by atoms with Gasteiger partial charge < -0.3 is 14.8 Å². The largest absolute Gasteiger partial charge is 0.495 e. The summed E-state index contributed by atoms with van der Waals surface area (Å²) >= 11 is 0. The number of amides is 2. The monoisotopic (exact) mass is 456 g/mol. The number of nitrogens with one attached hydrogen (secondary N) is 1. The van der Waals surface area contributed by atoms with Gasteiger partial charge in [-0.2, -0.15) is 0 Å². The zero-order valence-electron chi connectivity index (χ0n) is 19.8. The van der Waals surface area contributed by atoms with Crippen LogP contribution < -0.4 is 14.8 Å². The van der Waals surface area contributed by atoms with Gasteiger partial charge in [0.15, 0.2) is 0 Å². The van der Waals surface area contributed by atoms with Gasteiger partial charge in [0.2, 0.25) is 0 Å². The number of para-hydroxylation sites is 2. The average Bonchev–Trinajstić information content (AvgIpc) is 3.05. The first-order valence-electron chi connectivity index (χ1n) is 11.2. The molecule has 1 heterocycles. The minimum absolute atomic E-state index is 0.0347. The molecule has 2 amide bonds. The van der Waals surface area contributed by atoms with Crippen molar-refractivity contribution in [2.45, 2.75) is 33.4 Å². The van der Waals surface area contributed by atoms with Crippen LogP contribution >= 0.6 is 0 Å². The number of methoxy groups -OCH3 is 1. The van der Waals surface area contributed by atoms with Crippen LogP contribution in [0.15, 0.2) is 78.5 Å². The highest BCUT2D eigenvalue weighted by Crippen LogP contribution is 2.34. The number of carbonyl (C=O) groups is 2. The van der Waals surface area contributed by atoms with E-state index in [2.05, 4.69) is 5.32 Å². The van der Waals surface area contributed by atoms with Crippen LogP contribution in [0.25, 0.3) is 5.57 Å². The lowest BCUT2D eigenvalue weighted by atomic mass is 10.0. The van der Waals surface area contributed by atoms with Crippen molar-refractivity contribution in [1.29, 1.82) is 0 Å². The molecule has 4 rings (SSSR count). The second-order valence-electron chi connectivity index (χ2n) is 8.45. The topological polar surface area (TPSA) is 67.9 Å². The number of anilines is 1. The van der Waals surface area contributed by atoms with Gasteiger partial charge in [0.1, 0.15) is 17.2 Å². The fourth-order valence-electron chi connectivity index (χ4n) is 3.83. The molecule has 0 saturated carbocycles. The number of nitrogens with zero attached hydrogens (tertiary/aromatic N) is 1. The van der Waals surface area contributed by atoms with Gasteiger partial charge in [-0.05, 0) is 56.2 Å². The highest BCUT2D eigenvalue weighted by molar-refractivity contribution is 6.36. The molecule has 1 aliphatic heterocycles. The maximum Gasteiger partial charge on any atom is 0.278 e. The summed E-state index contributed by atoms with van der Waals surface area (Å²) in [6, 6.07) is 22.3. The number of rotatable bonds is 8. The van der Waals surface area contributed by atoms with Crippen molar-refractivity contribution in [3.8, 4) is 11.5 Å². The van der Waals surface area contributed by atoms with Crippen LogP contribution in [-0.2, 0) is 16.1 Å². The molecular weight excluding hydrogens is 428 g/mol. The minimum atomic E-state index is -0.381. The molecule has 0 spiro atoms. The van der Waals surface area contributed by atoms with Gasteiger partial charge in [-0.25, -0.2) is 0 Å². The summed E-state index contributed by atoms with van der Waals surface area (Å²) in [6.45, 7) is 6.09. The minimum Gasteiger partial charge on any atom is -0.495 e. The first kappa shape index (κ1) is 23.1. The molecule has 6 nitrogen and oxygen atoms in total. The van der Waals surface area contributed by atoms with Crippen LogP contribution in [0.4, 0.5) is 5.69 Å². The Morgan fingerprint density at radius 2 is 1.56 bits per heavy atom. The van der Waals surface area contributed by atoms with Crippen molar-refractivity contribution >= 4 is 23.1 Å². The molecule has 0 bridgehead atoms. The number of aryl methyl sites for hydroxylation is 1. The molecular formula is C28H28N2O4. The molecule has 0 saturated heterocycles. The number of imide groups is 1. The molecule has 3 aromatic rings. The molecule has 3 aromatic carbocycles. The van der Waals surface area contributed by atoms with Crippen molar-refractivity contribution in [2.24, 2.45) is 0 Å². The summed E-state index contributed by atoms with van der Waals surface area (Å²) in [5, 5.41) is 3.17. The number of carbonyl (C=O) groups excluding carboxylic acids is 2. The first-order valence-corrected chi connectivity index (χ1v) is 11.2. The Bertz CT molecular complexity index is 1230. The van der Waals surface area contributed by atoms with E-state index in [-0.39, 0.29) is 30.2 Å². The van der Waals surface area contributed by atoms with Crippen molar-refractivity contribution in [1.82, 2.24) is 4.90 Å². The maximum absolute atomic E-state index is 13.6. The lowest BCUT2D eigenvalue weighted by molar-refractivity contribution is -0.137. The van der Waals surface area contributed by atoms with Crippen molar-refractivity contribution in [2.75, 3.05) is 12.4 Å². The van der Waals surface area contributed by atoms with E-state index in [1.165, 1.54) is 4.90 Å². The van der Waals surface area contributed by atoms with E-state index in [0.29, 0.717) is 28.3 Å². The molecule has 0 unspecified atom stereocenters. The SMILES string of the molecule is COc1ccccc1NC1=C(c2ccc(OC(C)C)cc2)C(=O)N(Cc2ccc(C)cc2)C1=O. The summed E-state index contributed by atoms with van der Waals surface area (Å²) in [4.78, 5) is 28.3. The van der Waals surface area contributed by atoms with Crippen LogP contribution in [0.1, 0.15) is 30.5 Å². The Hall–Kier alpha value is -4.06. The van der Waals surface area contributed by atoms with E-state index in [1.807, 2.05) is 75.4 Å². The van der Waals surface area contributed by atoms with Crippen LogP contribution in [0, 0.1) is 6.92 Å². The summed E-state index contributed by atoms with van der Waals surface area (Å²) in [7, 11) is 1.56. The second kappa shape index (κ2) is 9.83. The lowest BCUT2D eigenvalue weighted by Gasteiger charge is -2.16. The normalized spacial score (nSPS) is 13.6. The zero-order valence-corrected chi connectivity index (χ0v) is 19.8. The van der Waals surface area contributed by atoms with Gasteiger partial charge >= 0.3 is 0 Å². The van der Waals surface area contributed by atoms with Gasteiger partial charge in [0, 0.05) is 0 Å². The first-order chi connectivity index (χ1) is 16.4. The van der Waals surface area contributed by atoms with Crippen LogP contribution in [-0.4, -0.2) is 29.9 Å². The van der Waals surface area contributed by atoms with E-state index in [0.717, 1.165) is 11.1 Å². The molecule has 6 heteroatoms. The Kier molecular flexibility index (Phi) is 6.68. The number of benzene rings is 3. The molecule has 1 aliphatic rings. The van der Waals surface area contributed by atoms with Gasteiger partial charge in [-0.1, -0.05) is 54.1 Å². The van der Waals surface area contributed by atoms with E-state index in [4.69, 9.17) is 9.47 Å². The lowest BCUT2D eigenvalue weighted by Crippen LogP contribution is -2.32. The van der Waals surface area contributed by atoms with Gasteiger partial charge in [0.05, 0.1) is 31.0 Å². The van der Waals surface area contributed by atoms with E-state index in [9.17, 15) is 9.59 Å². The molecule has 174 valence electrons. The van der Waals surface area contributed by atoms with Crippen LogP contribution in [0.2, 0.25) is 0 Å². The smallest absolute Gasteiger partial charge is 0.278 e. The Morgan fingerprint density at radius 3 is 2.21 bits per heavy atom. The summed E-state index contributed by atoms with van der Waals surface area (Å²) in [5.41, 5.74) is 3.78. The summed E-state index contributed by atoms with van der Waals surface area (Å²) < 4.78 is 11.2. The fourth-order valence-corrected chi connectivity index (χ4v) is 3.83. The molecule has 1 N–H and O–H groups in total. The number of hydrogen-bond donors (Lipinski definition) is 1. The fraction of sp³-hybridized carbons (Fsp3) is 0.214. The number of hydrogen-bond acceptors (Lipinski definition) is 5. The Morgan fingerprint density at radius 1 is 0.882 bits per heavy atom. The van der Waals surface area contributed by atoms with Gasteiger partial charge in [-0.15, -0.1) is 0 Å². The third-order valence-electron chi connectivity index (χ3n) is 5.51. The van der Waals surface area contributed by atoms with E-state index in [1.54, 1.807) is 25.3 Å². The molecule has 0 radical (unpaired) electrons. The van der Waals surface area contributed by atoms with Crippen molar-refractivity contribution in [3.05, 3.63) is 95.2 Å². The van der Waals surface area contributed by atoms with E-state index < -0.39 is 0 Å². The predicted octanol–water partition coefficient (Wildman–Crippen LogP) is 5.18. The highest BCUT2D eigenvalue weighted by Gasteiger charge is 2.39. The van der Waals surface area contributed by atoms with Crippen LogP contribution in [0.5, 0.6) is 11.5 Å². The second-order valence-corrected chi connectivity index (χ2v) is 8.45. The standard InChI is InChI=1S/C28H28N2O4/c1-18(2)34-22-15-13-21(14-16-22)25-26(29-23-7-5-6-8-24(23)33-4)28(32)30(27(25)31)17-20-11-9-19(3)10-12-20/h5-16,18,29H,17H2,1-4H3. The molecule has 0 fully saturated rings. The third kappa shape index (κ3) is 4.81. The predicted molar refractivity (Wildman–Crippen MR) is 132 cm³/mol. The highest BCUT2D eigenvalue weighted by atomic mass is 16.5. The molecule has 0 aromatic heterocycles. The zero-order chi connectivity index (χ0) is 24.2. The summed E-state index contributed by atoms with van der Waals surface area (Å²) in [5.74, 6) is 0.550. The average molecular weight is 457 g/mol. The Balaban J connectivity index is 1.73. The quantitative estimate of drug-likeness (QED) is 0.473. The van der Waals surface area contributed by atoms with Crippen LogP contribution in [0.3, 0.4) is 0 Å². The molecule has 0 aliphatic carbocycles. The Labute approximate surface area is 199 Å². The van der Waals surface area contributed by atoms with Gasteiger partial charge in [-0.3, -0.25) is 14.5 Å². The maximum atomic E-state index is 13.6. The van der Waals surface area contributed by atoms with Gasteiger partial charge in [0.25, 0.3) is 11.8 Å². The molecule has 34 heavy (non-hydrogen) atoms. The number of ether oxygens (including phenoxy) is 2. The molecule has 0 atom stereocenters. The van der Waals surface area contributed by atoms with Crippen molar-refractivity contribution in [3.63, 3.8) is 0 Å². The third-order valence-corrected chi connectivity index (χ3v) is 5.51. The van der Waals surface area contributed by atoms with Crippen molar-refractivity contribution < 1.29 is 19.1 Å². The van der Waals surface area contributed by atoms with E-state index >= 15 is 0 Å². The summed E-state index contributed by atoms with van der Waals surface area (Å²) in [6.07, 6.45) is 0.0347.